The number of hydrogen-bond donors (Lipinski definition) is 1. The van der Waals surface area contributed by atoms with Gasteiger partial charge in [0.2, 0.25) is 5.91 Å². The summed E-state index contributed by atoms with van der Waals surface area (Å²) < 4.78 is 11.9. The maximum atomic E-state index is 12.1. The summed E-state index contributed by atoms with van der Waals surface area (Å²) in [6, 6.07) is 3.09. The lowest BCUT2D eigenvalue weighted by atomic mass is 10.2. The van der Waals surface area contributed by atoms with Crippen LogP contribution in [0.1, 0.15) is 26.1 Å². The standard InChI is InChI=1S/C17H24N6O4/c1-3-27-17(25)12(2)18-16(24)7-6-14-20-19-13-4-5-15(21-23(13)14)22-8-10-26-11-9-22/h4-5,12H,3,6-11H2,1-2H3,(H,18,24)/t12-/m1/s1. The van der Waals surface area contributed by atoms with Gasteiger partial charge in [-0.3, -0.25) is 4.79 Å². The van der Waals surface area contributed by atoms with Gasteiger partial charge in [-0.05, 0) is 26.0 Å². The first-order valence-corrected chi connectivity index (χ1v) is 9.08. The molecule has 1 N–H and O–H groups in total. The molecule has 1 atom stereocenters. The van der Waals surface area contributed by atoms with Crippen LogP contribution in [0.5, 0.6) is 0 Å². The molecule has 0 unspecified atom stereocenters. The Hall–Kier alpha value is -2.75. The summed E-state index contributed by atoms with van der Waals surface area (Å²) in [4.78, 5) is 25.8. The Morgan fingerprint density at radius 3 is 2.81 bits per heavy atom. The molecule has 3 rings (SSSR count). The van der Waals surface area contributed by atoms with Crippen LogP contribution < -0.4 is 10.2 Å². The van der Waals surface area contributed by atoms with Crippen molar-refractivity contribution in [2.24, 2.45) is 0 Å². The number of aromatic nitrogens is 4. The van der Waals surface area contributed by atoms with Gasteiger partial charge in [0.25, 0.3) is 0 Å². The van der Waals surface area contributed by atoms with Gasteiger partial charge in [-0.25, -0.2) is 4.79 Å². The third-order valence-corrected chi connectivity index (χ3v) is 4.24. The van der Waals surface area contributed by atoms with Gasteiger partial charge in [-0.15, -0.1) is 15.3 Å². The molecule has 2 aromatic rings. The van der Waals surface area contributed by atoms with E-state index in [0.29, 0.717) is 31.1 Å². The van der Waals surface area contributed by atoms with Crippen LogP contribution >= 0.6 is 0 Å². The summed E-state index contributed by atoms with van der Waals surface area (Å²) in [6.07, 6.45) is 0.538. The second kappa shape index (κ2) is 8.76. The summed E-state index contributed by atoms with van der Waals surface area (Å²) in [6.45, 7) is 6.51. The highest BCUT2D eigenvalue weighted by atomic mass is 16.5. The van der Waals surface area contributed by atoms with E-state index in [4.69, 9.17) is 9.47 Å². The van der Waals surface area contributed by atoms with Crippen molar-refractivity contribution < 1.29 is 19.1 Å². The summed E-state index contributed by atoms with van der Waals surface area (Å²) in [5, 5.41) is 15.5. The van der Waals surface area contributed by atoms with Crippen LogP contribution in [-0.4, -0.2) is 70.6 Å². The van der Waals surface area contributed by atoms with E-state index in [1.54, 1.807) is 18.4 Å². The van der Waals surface area contributed by atoms with Gasteiger partial charge in [0.1, 0.15) is 11.9 Å². The van der Waals surface area contributed by atoms with Crippen LogP contribution in [0.2, 0.25) is 0 Å². The lowest BCUT2D eigenvalue weighted by Crippen LogP contribution is -2.39. The minimum Gasteiger partial charge on any atom is -0.464 e. The number of hydrogen-bond acceptors (Lipinski definition) is 8. The number of esters is 1. The summed E-state index contributed by atoms with van der Waals surface area (Å²) in [5.41, 5.74) is 0.627. The highest BCUT2D eigenvalue weighted by Gasteiger charge is 2.18. The van der Waals surface area contributed by atoms with Crippen LogP contribution in [0, 0.1) is 0 Å². The molecule has 0 saturated carbocycles. The number of carbonyl (C=O) groups is 2. The molecule has 2 aromatic heterocycles. The molecule has 0 spiro atoms. The van der Waals surface area contributed by atoms with Crippen molar-refractivity contribution in [3.63, 3.8) is 0 Å². The molecular weight excluding hydrogens is 352 g/mol. The van der Waals surface area contributed by atoms with Gasteiger partial charge >= 0.3 is 5.97 Å². The number of nitrogens with one attached hydrogen (secondary N) is 1. The van der Waals surface area contributed by atoms with Crippen LogP contribution in [0.3, 0.4) is 0 Å². The van der Waals surface area contributed by atoms with Crippen molar-refractivity contribution in [2.75, 3.05) is 37.8 Å². The molecule has 1 saturated heterocycles. The topological polar surface area (TPSA) is 111 Å². The van der Waals surface area contributed by atoms with Crippen LogP contribution in [0.25, 0.3) is 5.65 Å². The molecule has 1 fully saturated rings. The largest absolute Gasteiger partial charge is 0.464 e. The first kappa shape index (κ1) is 19.0. The summed E-state index contributed by atoms with van der Waals surface area (Å²) in [5.74, 6) is 0.721. The minimum atomic E-state index is -0.682. The van der Waals surface area contributed by atoms with E-state index in [0.717, 1.165) is 18.9 Å². The van der Waals surface area contributed by atoms with Crippen LogP contribution in [0.4, 0.5) is 5.82 Å². The Morgan fingerprint density at radius 1 is 1.30 bits per heavy atom. The number of carbonyl (C=O) groups excluding carboxylic acids is 2. The number of morpholine rings is 1. The zero-order valence-corrected chi connectivity index (χ0v) is 15.6. The Balaban J connectivity index is 1.62. The Labute approximate surface area is 156 Å². The first-order valence-electron chi connectivity index (χ1n) is 9.08. The van der Waals surface area contributed by atoms with Gasteiger partial charge < -0.3 is 19.7 Å². The van der Waals surface area contributed by atoms with Gasteiger partial charge in [0, 0.05) is 25.9 Å². The molecule has 0 bridgehead atoms. The molecule has 0 radical (unpaired) electrons. The van der Waals surface area contributed by atoms with Crippen molar-refractivity contribution in [1.82, 2.24) is 25.1 Å². The lowest BCUT2D eigenvalue weighted by molar-refractivity contribution is -0.146. The fraction of sp³-hybridized carbons (Fsp3) is 0.588. The number of nitrogens with zero attached hydrogens (tertiary/aromatic N) is 5. The van der Waals surface area contributed by atoms with Crippen LogP contribution in [0.15, 0.2) is 12.1 Å². The van der Waals surface area contributed by atoms with E-state index in [1.807, 2.05) is 12.1 Å². The van der Waals surface area contributed by atoms with Crippen molar-refractivity contribution in [3.05, 3.63) is 18.0 Å². The third-order valence-electron chi connectivity index (χ3n) is 4.24. The Bertz CT molecular complexity index is 802. The van der Waals surface area contributed by atoms with Crippen LogP contribution in [-0.2, 0) is 25.5 Å². The Kier molecular flexibility index (Phi) is 6.17. The third kappa shape index (κ3) is 4.70. The van der Waals surface area contributed by atoms with E-state index < -0.39 is 12.0 Å². The molecule has 3 heterocycles. The van der Waals surface area contributed by atoms with Crippen molar-refractivity contribution in [2.45, 2.75) is 32.7 Å². The van der Waals surface area contributed by atoms with Gasteiger partial charge in [0.05, 0.1) is 19.8 Å². The molecule has 10 nitrogen and oxygen atoms in total. The first-order chi connectivity index (χ1) is 13.1. The van der Waals surface area contributed by atoms with Crippen molar-refractivity contribution >= 4 is 23.3 Å². The quantitative estimate of drug-likeness (QED) is 0.670. The van der Waals surface area contributed by atoms with Gasteiger partial charge in [-0.2, -0.15) is 4.52 Å². The molecule has 0 aromatic carbocycles. The van der Waals surface area contributed by atoms with E-state index in [1.165, 1.54) is 0 Å². The average molecular weight is 376 g/mol. The molecule has 1 aliphatic rings. The summed E-state index contributed by atoms with van der Waals surface area (Å²) >= 11 is 0. The Morgan fingerprint density at radius 2 is 2.07 bits per heavy atom. The molecule has 27 heavy (non-hydrogen) atoms. The predicted octanol–water partition coefficient (Wildman–Crippen LogP) is -0.0387. The second-order valence-electron chi connectivity index (χ2n) is 6.22. The average Bonchev–Trinajstić information content (AvgIpc) is 3.09. The highest BCUT2D eigenvalue weighted by Crippen LogP contribution is 2.14. The molecule has 146 valence electrons. The highest BCUT2D eigenvalue weighted by molar-refractivity contribution is 5.84. The fourth-order valence-electron chi connectivity index (χ4n) is 2.81. The lowest BCUT2D eigenvalue weighted by Gasteiger charge is -2.27. The van der Waals surface area contributed by atoms with Gasteiger partial charge in [0.15, 0.2) is 11.5 Å². The molecule has 10 heteroatoms. The van der Waals surface area contributed by atoms with Crippen molar-refractivity contribution in [3.8, 4) is 0 Å². The number of anilines is 1. The number of ether oxygens (including phenoxy) is 2. The van der Waals surface area contributed by atoms with E-state index in [2.05, 4.69) is 25.5 Å². The molecule has 1 amide bonds. The normalized spacial score (nSPS) is 15.6. The van der Waals surface area contributed by atoms with Crippen molar-refractivity contribution in [1.29, 1.82) is 0 Å². The maximum Gasteiger partial charge on any atom is 0.328 e. The number of aryl methyl sites for hydroxylation is 1. The molecule has 1 aliphatic heterocycles. The zero-order chi connectivity index (χ0) is 19.2. The minimum absolute atomic E-state index is 0.175. The number of rotatable bonds is 7. The van der Waals surface area contributed by atoms with Gasteiger partial charge in [-0.1, -0.05) is 0 Å². The van der Waals surface area contributed by atoms with E-state index >= 15 is 0 Å². The summed E-state index contributed by atoms with van der Waals surface area (Å²) in [7, 11) is 0. The fourth-order valence-corrected chi connectivity index (χ4v) is 2.81. The monoisotopic (exact) mass is 376 g/mol. The SMILES string of the molecule is CCOC(=O)[C@@H](C)NC(=O)CCc1nnc2ccc(N3CCOCC3)nn12. The maximum absolute atomic E-state index is 12.1. The molecule has 0 aliphatic carbocycles. The predicted molar refractivity (Wildman–Crippen MR) is 96.4 cm³/mol. The number of fused-ring (bicyclic) bond motifs is 1. The molecular formula is C17H24N6O4. The number of amides is 1. The smallest absolute Gasteiger partial charge is 0.328 e. The van der Waals surface area contributed by atoms with E-state index in [-0.39, 0.29) is 18.9 Å². The van der Waals surface area contributed by atoms with E-state index in [9.17, 15) is 9.59 Å². The second-order valence-corrected chi connectivity index (χ2v) is 6.22. The zero-order valence-electron chi connectivity index (χ0n) is 15.6.